The van der Waals surface area contributed by atoms with Crippen LogP contribution in [0.5, 0.6) is 5.75 Å². The Bertz CT molecular complexity index is 749. The van der Waals surface area contributed by atoms with Crippen molar-refractivity contribution in [3.05, 3.63) is 30.3 Å². The van der Waals surface area contributed by atoms with Gasteiger partial charge >= 0.3 is 13.6 Å². The minimum Gasteiger partial charge on any atom is -0.494 e. The molecule has 0 aliphatic carbocycles. The molecular formula is C28H49O7PS. The molecule has 214 valence electrons. The Kier molecular flexibility index (Phi) is 19.2. The van der Waals surface area contributed by atoms with Crippen molar-refractivity contribution in [3.8, 4) is 5.75 Å². The van der Waals surface area contributed by atoms with Crippen molar-refractivity contribution in [2.45, 2.75) is 103 Å². The van der Waals surface area contributed by atoms with Crippen LogP contribution in [-0.2, 0) is 18.6 Å². The zero-order valence-electron chi connectivity index (χ0n) is 22.9. The number of ether oxygens (including phenoxy) is 2. The van der Waals surface area contributed by atoms with Gasteiger partial charge in [0.2, 0.25) is 0 Å². The third-order valence-electron chi connectivity index (χ3n) is 6.09. The quantitative estimate of drug-likeness (QED) is 0.0919. The van der Waals surface area contributed by atoms with Gasteiger partial charge in [0.1, 0.15) is 5.75 Å². The lowest BCUT2D eigenvalue weighted by atomic mass is 10.1. The molecule has 0 saturated heterocycles. The SMILES string of the molecule is CCCCCCCCCCOC(CSCCCCCCOc1ccccc1)(C(=O)O)P(=O)(O)OCCC. The number of unbranched alkanes of at least 4 members (excludes halogenated alkanes) is 10. The predicted molar refractivity (Wildman–Crippen MR) is 153 cm³/mol. The summed E-state index contributed by atoms with van der Waals surface area (Å²) in [6.07, 6.45) is 13.0. The van der Waals surface area contributed by atoms with Crippen molar-refractivity contribution < 1.29 is 33.4 Å². The van der Waals surface area contributed by atoms with Gasteiger partial charge in [-0.1, -0.05) is 89.8 Å². The van der Waals surface area contributed by atoms with E-state index in [0.29, 0.717) is 25.2 Å². The van der Waals surface area contributed by atoms with Gasteiger partial charge in [0, 0.05) is 12.4 Å². The maximum Gasteiger partial charge on any atom is 0.372 e. The van der Waals surface area contributed by atoms with Crippen LogP contribution in [0.4, 0.5) is 0 Å². The van der Waals surface area contributed by atoms with Gasteiger partial charge < -0.3 is 24.0 Å². The summed E-state index contributed by atoms with van der Waals surface area (Å²) in [4.78, 5) is 22.9. The zero-order chi connectivity index (χ0) is 27.2. The van der Waals surface area contributed by atoms with E-state index in [2.05, 4.69) is 6.92 Å². The van der Waals surface area contributed by atoms with Crippen molar-refractivity contribution in [1.82, 2.24) is 0 Å². The highest BCUT2D eigenvalue weighted by molar-refractivity contribution is 7.99. The lowest BCUT2D eigenvalue weighted by Crippen LogP contribution is -2.45. The zero-order valence-corrected chi connectivity index (χ0v) is 24.6. The smallest absolute Gasteiger partial charge is 0.372 e. The molecule has 9 heteroatoms. The Balaban J connectivity index is 2.44. The summed E-state index contributed by atoms with van der Waals surface area (Å²) in [6, 6.07) is 9.72. The standard InChI is InChI=1S/C28H49O7PS/c1-3-5-6-7-8-9-10-17-23-34-28(27(29)30,36(31,32)35-21-4-2)25-37-24-18-12-11-16-22-33-26-19-14-13-15-20-26/h13-15,19-20H,3-12,16-18,21-25H2,1-2H3,(H,29,30)(H,31,32). The number of carbonyl (C=O) groups is 1. The number of hydrogen-bond donors (Lipinski definition) is 2. The van der Waals surface area contributed by atoms with E-state index in [9.17, 15) is 19.4 Å². The Morgan fingerprint density at radius 3 is 2.05 bits per heavy atom. The molecule has 1 aromatic carbocycles. The third-order valence-corrected chi connectivity index (χ3v) is 9.42. The van der Waals surface area contributed by atoms with E-state index in [0.717, 1.165) is 50.7 Å². The maximum absolute atomic E-state index is 13.1. The molecule has 37 heavy (non-hydrogen) atoms. The number of carboxylic acid groups (broad SMARTS) is 1. The van der Waals surface area contributed by atoms with Crippen LogP contribution < -0.4 is 4.74 Å². The Hall–Kier alpha value is -1.05. The van der Waals surface area contributed by atoms with E-state index in [-0.39, 0.29) is 19.0 Å². The number of carboxylic acids is 1. The minimum absolute atomic E-state index is 0.0135. The molecule has 2 unspecified atom stereocenters. The van der Waals surface area contributed by atoms with Gasteiger partial charge in [-0.15, -0.1) is 0 Å². The van der Waals surface area contributed by atoms with Gasteiger partial charge in [0.15, 0.2) is 0 Å². The van der Waals surface area contributed by atoms with Gasteiger partial charge in [-0.2, -0.15) is 11.8 Å². The highest BCUT2D eigenvalue weighted by Crippen LogP contribution is 2.57. The van der Waals surface area contributed by atoms with Crippen LogP contribution in [0.3, 0.4) is 0 Å². The average molecular weight is 561 g/mol. The summed E-state index contributed by atoms with van der Waals surface area (Å²) in [6.45, 7) is 4.80. The van der Waals surface area contributed by atoms with Gasteiger partial charge in [0.25, 0.3) is 5.34 Å². The second-order valence-electron chi connectivity index (χ2n) is 9.39. The molecule has 0 spiro atoms. The van der Waals surface area contributed by atoms with Gasteiger partial charge in [0.05, 0.1) is 13.2 Å². The van der Waals surface area contributed by atoms with Gasteiger partial charge in [-0.3, -0.25) is 4.57 Å². The first-order chi connectivity index (χ1) is 17.9. The number of rotatable bonds is 25. The fourth-order valence-electron chi connectivity index (χ4n) is 3.82. The highest BCUT2D eigenvalue weighted by Gasteiger charge is 2.57. The fourth-order valence-corrected chi connectivity index (χ4v) is 6.92. The molecule has 0 saturated carbocycles. The molecule has 2 atom stereocenters. The van der Waals surface area contributed by atoms with Gasteiger partial charge in [-0.05, 0) is 43.6 Å². The molecular weight excluding hydrogens is 511 g/mol. The van der Waals surface area contributed by atoms with Crippen molar-refractivity contribution in [1.29, 1.82) is 0 Å². The molecule has 0 aliphatic rings. The molecule has 0 heterocycles. The first-order valence-corrected chi connectivity index (χ1v) is 16.7. The topological polar surface area (TPSA) is 102 Å². The first-order valence-electron chi connectivity index (χ1n) is 14.0. The van der Waals surface area contributed by atoms with E-state index in [1.807, 2.05) is 37.3 Å². The minimum atomic E-state index is -4.54. The molecule has 0 aliphatic heterocycles. The predicted octanol–water partition coefficient (Wildman–Crippen LogP) is 7.91. The molecule has 0 fully saturated rings. The molecule has 0 radical (unpaired) electrons. The normalized spacial score (nSPS) is 14.7. The van der Waals surface area contributed by atoms with E-state index >= 15 is 0 Å². The summed E-state index contributed by atoms with van der Waals surface area (Å²) in [5.74, 6) is 0.00516. The van der Waals surface area contributed by atoms with Crippen LogP contribution in [-0.4, -0.2) is 52.6 Å². The van der Waals surface area contributed by atoms with Gasteiger partial charge in [-0.25, -0.2) is 4.79 Å². The van der Waals surface area contributed by atoms with Crippen molar-refractivity contribution in [3.63, 3.8) is 0 Å². The summed E-state index contributed by atoms with van der Waals surface area (Å²) in [7, 11) is -4.54. The average Bonchev–Trinajstić information content (AvgIpc) is 2.89. The summed E-state index contributed by atoms with van der Waals surface area (Å²) < 4.78 is 29.7. The molecule has 1 aromatic rings. The van der Waals surface area contributed by atoms with E-state index in [1.165, 1.54) is 37.4 Å². The number of aliphatic carboxylic acids is 1. The van der Waals surface area contributed by atoms with Crippen LogP contribution in [0.25, 0.3) is 0 Å². The number of thioether (sulfide) groups is 1. The molecule has 0 bridgehead atoms. The van der Waals surface area contributed by atoms with Crippen molar-refractivity contribution >= 4 is 25.3 Å². The summed E-state index contributed by atoms with van der Waals surface area (Å²) in [5, 5.41) is 7.77. The lowest BCUT2D eigenvalue weighted by molar-refractivity contribution is -0.155. The van der Waals surface area contributed by atoms with E-state index < -0.39 is 18.9 Å². The van der Waals surface area contributed by atoms with Crippen molar-refractivity contribution in [2.24, 2.45) is 0 Å². The molecule has 7 nitrogen and oxygen atoms in total. The Morgan fingerprint density at radius 2 is 1.43 bits per heavy atom. The second kappa shape index (κ2) is 20.9. The van der Waals surface area contributed by atoms with E-state index in [4.69, 9.17) is 14.0 Å². The van der Waals surface area contributed by atoms with Crippen molar-refractivity contribution in [2.75, 3.05) is 31.3 Å². The maximum atomic E-state index is 13.1. The summed E-state index contributed by atoms with van der Waals surface area (Å²) in [5.41, 5.74) is 0. The Labute approximate surface area is 228 Å². The monoisotopic (exact) mass is 560 g/mol. The van der Waals surface area contributed by atoms with Crippen LogP contribution in [0.15, 0.2) is 30.3 Å². The van der Waals surface area contributed by atoms with Crippen LogP contribution in [0.2, 0.25) is 0 Å². The van der Waals surface area contributed by atoms with Crippen LogP contribution >= 0.6 is 19.4 Å². The number of hydrogen-bond acceptors (Lipinski definition) is 6. The number of benzene rings is 1. The lowest BCUT2D eigenvalue weighted by Gasteiger charge is -2.32. The van der Waals surface area contributed by atoms with Crippen LogP contribution in [0, 0.1) is 0 Å². The first kappa shape index (κ1) is 34.0. The summed E-state index contributed by atoms with van der Waals surface area (Å²) >= 11 is 1.34. The van der Waals surface area contributed by atoms with Crippen LogP contribution in [0.1, 0.15) is 97.3 Å². The molecule has 0 aromatic heterocycles. The largest absolute Gasteiger partial charge is 0.494 e. The number of para-hydroxylation sites is 1. The second-order valence-corrected chi connectivity index (χ2v) is 12.5. The fraction of sp³-hybridized carbons (Fsp3) is 0.750. The van der Waals surface area contributed by atoms with E-state index in [1.54, 1.807) is 0 Å². The molecule has 1 rings (SSSR count). The molecule has 2 N–H and O–H groups in total. The highest BCUT2D eigenvalue weighted by atomic mass is 32.2. The third kappa shape index (κ3) is 14.1. The Morgan fingerprint density at radius 1 is 0.838 bits per heavy atom. The molecule has 0 amide bonds.